The largest absolute Gasteiger partial charge is 0.493 e. The number of hydroxylamine groups is 2. The van der Waals surface area contributed by atoms with Crippen LogP contribution < -0.4 is 14.2 Å². The molecule has 0 saturated carbocycles. The normalized spacial score (nSPS) is 30.9. The van der Waals surface area contributed by atoms with E-state index >= 15 is 0 Å². The lowest BCUT2D eigenvalue weighted by Gasteiger charge is -2.38. The molecule has 0 amide bonds. The fourth-order valence-electron chi connectivity index (χ4n) is 4.01. The van der Waals surface area contributed by atoms with Gasteiger partial charge >= 0.3 is 7.82 Å². The van der Waals surface area contributed by atoms with Crippen LogP contribution in [-0.2, 0) is 13.7 Å². The summed E-state index contributed by atoms with van der Waals surface area (Å²) in [6, 6.07) is 11.5. The summed E-state index contributed by atoms with van der Waals surface area (Å²) in [6.07, 6.45) is -0.107. The third-order valence-corrected chi connectivity index (χ3v) is 6.26. The molecule has 4 atom stereocenters. The predicted octanol–water partition coefficient (Wildman–Crippen LogP) is 3.43. The van der Waals surface area contributed by atoms with E-state index < -0.39 is 14.1 Å². The summed E-state index contributed by atoms with van der Waals surface area (Å²) in [5, 5.41) is 1.40. The Morgan fingerprint density at radius 1 is 1.17 bits per heavy atom. The number of hydrogen-bond donors (Lipinski definition) is 1. The van der Waals surface area contributed by atoms with Gasteiger partial charge in [0.1, 0.15) is 11.6 Å². The zero-order valence-corrected chi connectivity index (χ0v) is 16.2. The second-order valence-corrected chi connectivity index (χ2v) is 8.43. The van der Waals surface area contributed by atoms with Crippen LogP contribution in [0.15, 0.2) is 42.5 Å². The van der Waals surface area contributed by atoms with Crippen LogP contribution in [-0.4, -0.2) is 36.1 Å². The Kier molecular flexibility index (Phi) is 4.72. The van der Waals surface area contributed by atoms with Crippen molar-refractivity contribution in [1.29, 1.82) is 0 Å². The number of hydrogen-bond acceptors (Lipinski definition) is 7. The lowest BCUT2D eigenvalue weighted by Crippen LogP contribution is -2.47. The number of phosphoric ester groups is 1. The number of nitrogens with zero attached hydrogens (tertiary/aromatic N) is 1. The molecule has 2 aromatic carbocycles. The molecule has 3 aliphatic rings. The van der Waals surface area contributed by atoms with Crippen LogP contribution >= 0.6 is 7.82 Å². The number of fused-ring (bicyclic) bond motifs is 2. The van der Waals surface area contributed by atoms with Crippen molar-refractivity contribution in [2.75, 3.05) is 19.9 Å². The van der Waals surface area contributed by atoms with E-state index in [1.165, 1.54) is 17.2 Å². The summed E-state index contributed by atoms with van der Waals surface area (Å²) >= 11 is 0. The first-order chi connectivity index (χ1) is 14.0. The molecule has 0 aliphatic carbocycles. The van der Waals surface area contributed by atoms with Crippen molar-refractivity contribution in [2.24, 2.45) is 5.92 Å². The van der Waals surface area contributed by atoms with E-state index in [1.54, 1.807) is 30.3 Å². The van der Waals surface area contributed by atoms with E-state index in [9.17, 15) is 13.8 Å². The highest BCUT2D eigenvalue weighted by Crippen LogP contribution is 2.56. The molecular weight excluding hydrogens is 404 g/mol. The van der Waals surface area contributed by atoms with Gasteiger partial charge in [-0.1, -0.05) is 12.1 Å². The van der Waals surface area contributed by atoms with Crippen molar-refractivity contribution in [2.45, 2.75) is 18.6 Å². The van der Waals surface area contributed by atoms with Gasteiger partial charge in [-0.2, -0.15) is 4.62 Å². The number of phosphoric acid groups is 1. The number of benzene rings is 2. The highest BCUT2D eigenvalue weighted by molar-refractivity contribution is 7.47. The highest BCUT2D eigenvalue weighted by Gasteiger charge is 2.51. The maximum absolute atomic E-state index is 13.4. The van der Waals surface area contributed by atoms with Gasteiger partial charge in [-0.05, 0) is 42.2 Å². The standard InChI is InChI=1S/C19H19FNO7P/c20-13-3-1-12(2-4-13)15-7-8-21-19(27-29(22,23)28-21)16(15)10-24-14-5-6-17-18(9-14)26-11-25-17/h1-6,9,15-16,19H,7-8,10-11H2,(H,22,23)/t15-,16-,19?/m0/s1. The van der Waals surface area contributed by atoms with Gasteiger partial charge in [0.05, 0.1) is 6.61 Å². The van der Waals surface area contributed by atoms with Gasteiger partial charge in [0.2, 0.25) is 6.79 Å². The maximum Gasteiger partial charge on any atom is 0.490 e. The van der Waals surface area contributed by atoms with E-state index in [4.69, 9.17) is 23.4 Å². The Labute approximate surface area is 166 Å². The van der Waals surface area contributed by atoms with Crippen LogP contribution in [0.4, 0.5) is 4.39 Å². The van der Waals surface area contributed by atoms with E-state index in [1.807, 2.05) is 0 Å². The fraction of sp³-hybridized carbons (Fsp3) is 0.368. The maximum atomic E-state index is 13.4. The fourth-order valence-corrected chi connectivity index (χ4v) is 5.02. The van der Waals surface area contributed by atoms with Crippen molar-refractivity contribution in [3.8, 4) is 17.2 Å². The molecule has 0 bridgehead atoms. The van der Waals surface area contributed by atoms with Gasteiger partial charge in [0.15, 0.2) is 17.7 Å². The zero-order valence-electron chi connectivity index (χ0n) is 15.3. The Morgan fingerprint density at radius 3 is 2.79 bits per heavy atom. The van der Waals surface area contributed by atoms with Gasteiger partial charge in [-0.3, -0.25) is 4.52 Å². The second-order valence-electron chi connectivity index (χ2n) is 7.12. The highest BCUT2D eigenvalue weighted by atomic mass is 31.2. The summed E-state index contributed by atoms with van der Waals surface area (Å²) in [5.74, 6) is 1.13. The topological polar surface area (TPSA) is 86.7 Å². The number of rotatable bonds is 4. The number of halogens is 1. The van der Waals surface area contributed by atoms with Crippen LogP contribution in [0.25, 0.3) is 0 Å². The number of ether oxygens (including phenoxy) is 3. The van der Waals surface area contributed by atoms with Crippen molar-refractivity contribution in [3.63, 3.8) is 0 Å². The third-order valence-electron chi connectivity index (χ3n) is 5.36. The van der Waals surface area contributed by atoms with Crippen LogP contribution in [0, 0.1) is 11.7 Å². The minimum Gasteiger partial charge on any atom is -0.493 e. The third kappa shape index (κ3) is 3.72. The summed E-state index contributed by atoms with van der Waals surface area (Å²) in [5.41, 5.74) is 0.911. The van der Waals surface area contributed by atoms with Gasteiger partial charge in [-0.25, -0.2) is 8.96 Å². The smallest absolute Gasteiger partial charge is 0.490 e. The second kappa shape index (κ2) is 7.27. The molecule has 0 spiro atoms. The molecule has 5 rings (SSSR count). The van der Waals surface area contributed by atoms with Gasteiger partial charge < -0.3 is 19.1 Å². The van der Waals surface area contributed by atoms with Crippen LogP contribution in [0.2, 0.25) is 0 Å². The first kappa shape index (κ1) is 18.8. The average Bonchev–Trinajstić information content (AvgIpc) is 3.28. The minimum atomic E-state index is -4.14. The molecule has 0 aromatic heterocycles. The molecule has 10 heteroatoms. The molecule has 3 heterocycles. The van der Waals surface area contributed by atoms with Crippen LogP contribution in [0.5, 0.6) is 17.2 Å². The summed E-state index contributed by atoms with van der Waals surface area (Å²) in [4.78, 5) is 9.78. The molecule has 1 N–H and O–H groups in total. The Hall–Kier alpha value is -2.16. The molecule has 2 saturated heterocycles. The monoisotopic (exact) mass is 423 g/mol. The number of piperidine rings is 1. The summed E-state index contributed by atoms with van der Waals surface area (Å²) < 4.78 is 52.4. The van der Waals surface area contributed by atoms with E-state index in [0.29, 0.717) is 30.2 Å². The Bertz CT molecular complexity index is 956. The molecule has 2 unspecified atom stereocenters. The van der Waals surface area contributed by atoms with Crippen molar-refractivity contribution in [1.82, 2.24) is 5.06 Å². The molecule has 0 radical (unpaired) electrons. The van der Waals surface area contributed by atoms with Gasteiger partial charge in [0, 0.05) is 18.5 Å². The lowest BCUT2D eigenvalue weighted by molar-refractivity contribution is -0.152. The first-order valence-electron chi connectivity index (χ1n) is 9.24. The van der Waals surface area contributed by atoms with Crippen LogP contribution in [0.1, 0.15) is 17.9 Å². The van der Waals surface area contributed by atoms with E-state index in [-0.39, 0.29) is 31.1 Å². The minimum absolute atomic E-state index is 0.0624. The Balaban J connectivity index is 1.40. The zero-order chi connectivity index (χ0) is 20.0. The predicted molar refractivity (Wildman–Crippen MR) is 97.8 cm³/mol. The molecular formula is C19H19FNO7P. The lowest BCUT2D eigenvalue weighted by atomic mass is 9.80. The van der Waals surface area contributed by atoms with E-state index in [0.717, 1.165) is 5.56 Å². The van der Waals surface area contributed by atoms with Crippen molar-refractivity contribution in [3.05, 3.63) is 53.8 Å². The molecule has 2 aromatic rings. The first-order valence-corrected chi connectivity index (χ1v) is 10.7. The molecule has 3 aliphatic heterocycles. The quantitative estimate of drug-likeness (QED) is 0.749. The molecule has 8 nitrogen and oxygen atoms in total. The van der Waals surface area contributed by atoms with Crippen molar-refractivity contribution >= 4 is 7.82 Å². The van der Waals surface area contributed by atoms with E-state index in [2.05, 4.69) is 0 Å². The van der Waals surface area contributed by atoms with Gasteiger partial charge in [0.25, 0.3) is 0 Å². The summed E-state index contributed by atoms with van der Waals surface area (Å²) in [6.45, 7) is 0.784. The summed E-state index contributed by atoms with van der Waals surface area (Å²) in [7, 11) is -4.14. The molecule has 154 valence electrons. The van der Waals surface area contributed by atoms with Crippen molar-refractivity contribution < 1.29 is 37.2 Å². The van der Waals surface area contributed by atoms with Gasteiger partial charge in [-0.15, -0.1) is 5.06 Å². The molecule has 29 heavy (non-hydrogen) atoms. The van der Waals surface area contributed by atoms with Crippen LogP contribution in [0.3, 0.4) is 0 Å². The SMILES string of the molecule is O=P1(O)OC2[C@@H](COc3ccc4c(c3)OCO4)[C@H](c3ccc(F)cc3)CCN2O1. The Morgan fingerprint density at radius 2 is 1.97 bits per heavy atom. The average molecular weight is 423 g/mol. The molecule has 2 fully saturated rings.